The Morgan fingerprint density at radius 1 is 1.47 bits per heavy atom. The number of nitrogen functional groups attached to an aromatic ring is 1. The molecule has 1 heterocycles. The molecule has 19 heavy (non-hydrogen) atoms. The lowest BCUT2D eigenvalue weighted by atomic mass is 10.1. The molecule has 1 aromatic rings. The number of nitrogens with two attached hydrogens (primary N) is 1. The summed E-state index contributed by atoms with van der Waals surface area (Å²) in [5.74, 6) is 0.568. The molecule has 1 aliphatic heterocycles. The molecule has 4 N–H and O–H groups in total. The molecular weight excluding hydrogens is 267 g/mol. The Labute approximate surface area is 118 Å². The second-order valence-corrected chi connectivity index (χ2v) is 4.23. The van der Waals surface area contributed by atoms with Crippen molar-refractivity contribution in [3.63, 3.8) is 0 Å². The van der Waals surface area contributed by atoms with E-state index in [9.17, 15) is 4.39 Å². The second-order valence-electron chi connectivity index (χ2n) is 4.23. The van der Waals surface area contributed by atoms with E-state index in [1.165, 1.54) is 6.07 Å². The van der Waals surface area contributed by atoms with Gasteiger partial charge in [0.1, 0.15) is 12.0 Å². The number of rotatable bonds is 5. The summed E-state index contributed by atoms with van der Waals surface area (Å²) in [6.45, 7) is 2.05. The van der Waals surface area contributed by atoms with E-state index in [1.807, 2.05) is 0 Å². The summed E-state index contributed by atoms with van der Waals surface area (Å²) in [5, 5.41) is 6.22. The number of aliphatic imine (C=N–C) groups is 1. The Balaban J connectivity index is 0.00000180. The summed E-state index contributed by atoms with van der Waals surface area (Å²) in [4.78, 5) is 4.17. The quantitative estimate of drug-likeness (QED) is 0.595. The summed E-state index contributed by atoms with van der Waals surface area (Å²) < 4.78 is 13.7. The third-order valence-corrected chi connectivity index (χ3v) is 2.84. The van der Waals surface area contributed by atoms with Crippen LogP contribution in [0.25, 0.3) is 0 Å². The average Bonchev–Trinajstić information content (AvgIpc) is 2.84. The van der Waals surface area contributed by atoms with Crippen LogP contribution < -0.4 is 33.8 Å². The third kappa shape index (κ3) is 4.13. The molecule has 0 fully saturated rings. The van der Waals surface area contributed by atoms with Crippen molar-refractivity contribution in [2.24, 2.45) is 0 Å². The van der Waals surface area contributed by atoms with Crippen molar-refractivity contribution in [3.8, 4) is 0 Å². The van der Waals surface area contributed by atoms with E-state index < -0.39 is 0 Å². The van der Waals surface area contributed by atoms with E-state index >= 15 is 0 Å². The van der Waals surface area contributed by atoms with E-state index in [0.717, 1.165) is 18.7 Å². The summed E-state index contributed by atoms with van der Waals surface area (Å²) in [5.41, 5.74) is 6.42. The highest BCUT2D eigenvalue weighted by atomic mass is 35.5. The van der Waals surface area contributed by atoms with Gasteiger partial charge in [-0.2, -0.15) is 0 Å². The van der Waals surface area contributed by atoms with Gasteiger partial charge < -0.3 is 23.5 Å². The molecule has 0 aliphatic carbocycles. The zero-order valence-corrected chi connectivity index (χ0v) is 11.4. The molecule has 4 nitrogen and oxygen atoms in total. The first-order chi connectivity index (χ1) is 8.69. The Hall–Kier alpha value is -1.75. The molecule has 1 unspecified atom stereocenters. The van der Waals surface area contributed by atoms with Gasteiger partial charge in [0.25, 0.3) is 5.84 Å². The minimum atomic E-state index is -0.326. The van der Waals surface area contributed by atoms with Crippen molar-refractivity contribution >= 4 is 17.2 Å². The molecule has 2 rings (SSSR count). The lowest BCUT2D eigenvalue weighted by molar-refractivity contribution is -0.00000451. The maximum atomic E-state index is 13.7. The molecule has 103 valence electrons. The van der Waals surface area contributed by atoms with Crippen LogP contribution in [0.1, 0.15) is 19.8 Å². The Bertz CT molecular complexity index is 488. The van der Waals surface area contributed by atoms with E-state index in [-0.39, 0.29) is 24.3 Å². The molecule has 1 aromatic carbocycles. The number of nitrogens with zero attached hydrogens (tertiary/aromatic N) is 1. The number of benzene rings is 1. The topological polar surface area (TPSA) is 64.2 Å². The van der Waals surface area contributed by atoms with E-state index in [0.29, 0.717) is 11.4 Å². The van der Waals surface area contributed by atoms with Gasteiger partial charge in [-0.05, 0) is 24.6 Å². The van der Waals surface area contributed by atoms with E-state index in [2.05, 4.69) is 22.5 Å². The van der Waals surface area contributed by atoms with Gasteiger partial charge in [-0.15, -0.1) is 0 Å². The molecule has 1 aliphatic rings. The number of nitrogens with one attached hydrogen (secondary N) is 2. The summed E-state index contributed by atoms with van der Waals surface area (Å²) in [6.07, 6.45) is 5.11. The normalized spacial score (nSPS) is 14.3. The number of halogens is 2. The molecule has 0 saturated carbocycles. The highest BCUT2D eigenvalue weighted by molar-refractivity contribution is 5.84. The smallest absolute Gasteiger partial charge is 0.298 e. The van der Waals surface area contributed by atoms with Crippen molar-refractivity contribution in [1.29, 1.82) is 0 Å². The molecule has 0 spiro atoms. The fourth-order valence-corrected chi connectivity index (χ4v) is 1.81. The van der Waals surface area contributed by atoms with Crippen molar-refractivity contribution < 1.29 is 16.8 Å². The highest BCUT2D eigenvalue weighted by Gasteiger charge is 2.18. The number of hydrogen-bond acceptors (Lipinski definition) is 4. The van der Waals surface area contributed by atoms with Crippen LogP contribution in [0.3, 0.4) is 0 Å². The molecule has 1 atom stereocenters. The van der Waals surface area contributed by atoms with Crippen LogP contribution >= 0.6 is 0 Å². The van der Waals surface area contributed by atoms with Crippen LogP contribution in [0.2, 0.25) is 0 Å². The van der Waals surface area contributed by atoms with E-state index in [4.69, 9.17) is 5.73 Å². The number of amidine groups is 1. The van der Waals surface area contributed by atoms with Crippen LogP contribution in [0.5, 0.6) is 0 Å². The lowest BCUT2D eigenvalue weighted by Gasteiger charge is -2.17. The zero-order chi connectivity index (χ0) is 13.0. The van der Waals surface area contributed by atoms with Crippen LogP contribution in [0, 0.1) is 5.82 Å². The summed E-state index contributed by atoms with van der Waals surface area (Å²) >= 11 is 0. The first-order valence-corrected chi connectivity index (χ1v) is 5.99. The van der Waals surface area contributed by atoms with Gasteiger partial charge in [-0.25, -0.2) is 9.71 Å². The fraction of sp³-hybridized carbons (Fsp3) is 0.308. The van der Waals surface area contributed by atoms with Crippen molar-refractivity contribution in [2.45, 2.75) is 25.8 Å². The van der Waals surface area contributed by atoms with Crippen molar-refractivity contribution in [3.05, 3.63) is 36.4 Å². The van der Waals surface area contributed by atoms with Gasteiger partial charge in [0.05, 0.1) is 12.1 Å². The summed E-state index contributed by atoms with van der Waals surface area (Å²) in [6, 6.07) is 4.80. The molecule has 1 radical (unpaired) electrons. The minimum Gasteiger partial charge on any atom is -1.00 e. The fourth-order valence-electron chi connectivity index (χ4n) is 1.81. The van der Waals surface area contributed by atoms with Crippen molar-refractivity contribution in [2.75, 3.05) is 11.1 Å². The van der Waals surface area contributed by atoms with Gasteiger partial charge >= 0.3 is 0 Å². The van der Waals surface area contributed by atoms with Gasteiger partial charge in [0, 0.05) is 11.7 Å². The van der Waals surface area contributed by atoms with Crippen LogP contribution in [0.4, 0.5) is 15.8 Å². The molecule has 0 aromatic heterocycles. The average molecular weight is 284 g/mol. The van der Waals surface area contributed by atoms with Gasteiger partial charge in [0.2, 0.25) is 0 Å². The molecule has 6 heteroatoms. The first-order valence-electron chi connectivity index (χ1n) is 5.99. The SMILES string of the molecule is CCC(CC1=[N+]C=CN1)Nc1ccc(N)cc1F.[Cl-]. The van der Waals surface area contributed by atoms with Crippen LogP contribution in [-0.2, 0) is 0 Å². The number of anilines is 2. The van der Waals surface area contributed by atoms with Gasteiger partial charge in [0.15, 0.2) is 6.20 Å². The molecule has 0 amide bonds. The second kappa shape index (κ2) is 6.99. The largest absolute Gasteiger partial charge is 1.00 e. The Morgan fingerprint density at radius 3 is 2.84 bits per heavy atom. The predicted molar refractivity (Wildman–Crippen MR) is 72.5 cm³/mol. The monoisotopic (exact) mass is 283 g/mol. The lowest BCUT2D eigenvalue weighted by Crippen LogP contribution is -3.00. The van der Waals surface area contributed by atoms with Crippen LogP contribution in [0.15, 0.2) is 30.6 Å². The van der Waals surface area contributed by atoms with Gasteiger partial charge in [-0.1, -0.05) is 11.9 Å². The van der Waals surface area contributed by atoms with Crippen molar-refractivity contribution in [1.82, 2.24) is 10.3 Å². The Morgan fingerprint density at radius 2 is 2.26 bits per heavy atom. The molecular formula is C13H17ClFN4. The minimum absolute atomic E-state index is 0. The standard InChI is InChI=1S/C13H17FN4.ClH/c1-2-10(8-13-16-5-6-17-13)18-12-4-3-9(15)7-11(12)14;/h3-7,10,16,18H,2,8,15H2,1H3;1H/q+1;/p-1. The van der Waals surface area contributed by atoms with E-state index in [1.54, 1.807) is 24.5 Å². The zero-order valence-electron chi connectivity index (χ0n) is 10.7. The third-order valence-electron chi connectivity index (χ3n) is 2.84. The highest BCUT2D eigenvalue weighted by Crippen LogP contribution is 2.19. The molecule has 0 saturated heterocycles. The first kappa shape index (κ1) is 15.3. The predicted octanol–water partition coefficient (Wildman–Crippen LogP) is -1.20. The van der Waals surface area contributed by atoms with Gasteiger partial charge in [-0.3, -0.25) is 0 Å². The maximum absolute atomic E-state index is 13.7. The Kier molecular flexibility index (Phi) is 5.63. The molecule has 0 bridgehead atoms. The number of hydrogen-bond donors (Lipinski definition) is 3. The van der Waals surface area contributed by atoms with Crippen LogP contribution in [-0.4, -0.2) is 11.9 Å². The summed E-state index contributed by atoms with van der Waals surface area (Å²) in [7, 11) is 0. The maximum Gasteiger partial charge on any atom is 0.298 e.